The summed E-state index contributed by atoms with van der Waals surface area (Å²) >= 11 is 3.63. The van der Waals surface area contributed by atoms with Gasteiger partial charge in [0.2, 0.25) is 0 Å². The predicted molar refractivity (Wildman–Crippen MR) is 197 cm³/mol. The normalized spacial score (nSPS) is 14.7. The van der Waals surface area contributed by atoms with Crippen LogP contribution in [0.1, 0.15) is 61.7 Å². The molecule has 0 bridgehead atoms. The van der Waals surface area contributed by atoms with Gasteiger partial charge >= 0.3 is 12.1 Å². The molecule has 6 rings (SSSR count). The van der Waals surface area contributed by atoms with Gasteiger partial charge in [0.05, 0.1) is 17.7 Å². The molecule has 49 heavy (non-hydrogen) atoms. The van der Waals surface area contributed by atoms with Gasteiger partial charge in [-0.2, -0.15) is 0 Å². The van der Waals surface area contributed by atoms with Crippen molar-refractivity contribution in [2.45, 2.75) is 79.4 Å². The first-order valence-corrected chi connectivity index (χ1v) is 17.7. The minimum absolute atomic E-state index is 0.188. The number of carbonyl (C=O) groups is 2. The average molecular weight is 730 g/mol. The molecule has 11 heteroatoms. The Bertz CT molecular complexity index is 2000. The van der Waals surface area contributed by atoms with E-state index in [-0.39, 0.29) is 18.9 Å². The van der Waals surface area contributed by atoms with Gasteiger partial charge in [-0.25, -0.2) is 19.6 Å². The first-order valence-electron chi connectivity index (χ1n) is 16.9. The van der Waals surface area contributed by atoms with Crippen molar-refractivity contribution in [3.8, 4) is 5.69 Å². The molecule has 0 unspecified atom stereocenters. The van der Waals surface area contributed by atoms with Gasteiger partial charge in [-0.15, -0.1) is 0 Å². The third-order valence-electron chi connectivity index (χ3n) is 9.07. The quantitative estimate of drug-likeness (QED) is 0.157. The lowest BCUT2D eigenvalue weighted by Gasteiger charge is -2.33. The number of ether oxygens (including phenoxy) is 2. The highest BCUT2D eigenvalue weighted by Crippen LogP contribution is 2.35. The summed E-state index contributed by atoms with van der Waals surface area (Å²) in [6, 6.07) is 11.3. The van der Waals surface area contributed by atoms with Gasteiger partial charge in [0.25, 0.3) is 0 Å². The van der Waals surface area contributed by atoms with E-state index in [0.29, 0.717) is 0 Å². The number of aryl methyl sites for hydroxylation is 4. The largest absolute Gasteiger partial charge is 0.464 e. The Balaban J connectivity index is 1.14. The van der Waals surface area contributed by atoms with Crippen molar-refractivity contribution in [1.29, 1.82) is 0 Å². The van der Waals surface area contributed by atoms with E-state index in [2.05, 4.69) is 74.8 Å². The zero-order valence-corrected chi connectivity index (χ0v) is 30.9. The molecule has 5 aromatic rings. The number of H-pyrrole nitrogens is 1. The zero-order valence-electron chi connectivity index (χ0n) is 29.3. The number of carbonyl (C=O) groups excluding carboxylic acids is 2. The number of esters is 1. The van der Waals surface area contributed by atoms with E-state index in [0.717, 1.165) is 80.8 Å². The Hall–Kier alpha value is -4.38. The van der Waals surface area contributed by atoms with Crippen LogP contribution < -0.4 is 10.2 Å². The summed E-state index contributed by atoms with van der Waals surface area (Å²) in [5.41, 5.74) is 6.70. The second-order valence-electron chi connectivity index (χ2n) is 14.2. The van der Waals surface area contributed by atoms with E-state index >= 15 is 0 Å². The highest BCUT2D eigenvalue weighted by molar-refractivity contribution is 9.10. The predicted octanol–water partition coefficient (Wildman–Crippen LogP) is 7.79. The van der Waals surface area contributed by atoms with Crippen LogP contribution in [0, 0.1) is 33.6 Å². The van der Waals surface area contributed by atoms with Crippen molar-refractivity contribution in [3.63, 3.8) is 0 Å². The van der Waals surface area contributed by atoms with Crippen molar-refractivity contribution in [2.75, 3.05) is 24.6 Å². The number of para-hydroxylation sites is 1. The van der Waals surface area contributed by atoms with Gasteiger partial charge in [-0.3, -0.25) is 0 Å². The molecular weight excluding hydrogens is 684 g/mol. The minimum Gasteiger partial charge on any atom is -0.464 e. The number of aromatic amines is 1. The maximum atomic E-state index is 13.5. The Labute approximate surface area is 295 Å². The molecule has 0 spiro atoms. The van der Waals surface area contributed by atoms with Crippen molar-refractivity contribution in [1.82, 2.24) is 24.8 Å². The number of fused-ring (bicyclic) bond motifs is 2. The van der Waals surface area contributed by atoms with Gasteiger partial charge in [0, 0.05) is 47.3 Å². The first-order chi connectivity index (χ1) is 23.3. The van der Waals surface area contributed by atoms with E-state index < -0.39 is 23.7 Å². The van der Waals surface area contributed by atoms with Crippen LogP contribution in [0.5, 0.6) is 0 Å². The van der Waals surface area contributed by atoms with Gasteiger partial charge in [-0.1, -0.05) is 34.1 Å². The van der Waals surface area contributed by atoms with E-state index in [1.807, 2.05) is 37.4 Å². The second kappa shape index (κ2) is 13.9. The SMILES string of the molecule is Cc1nc(N2CCC(COC(=O)[C@H](Cc3c[nH]c4ccccc34)NC(=O)OC(C)(C)C)CC2)c2c(C)cn(-c3c(C)cc(Br)cc3C)c2n1. The monoisotopic (exact) mass is 728 g/mol. The van der Waals surface area contributed by atoms with Crippen molar-refractivity contribution >= 4 is 55.7 Å². The van der Waals surface area contributed by atoms with Crippen molar-refractivity contribution < 1.29 is 19.1 Å². The number of hydrogen-bond acceptors (Lipinski definition) is 7. The summed E-state index contributed by atoms with van der Waals surface area (Å²) in [5.74, 6) is 1.39. The summed E-state index contributed by atoms with van der Waals surface area (Å²) in [4.78, 5) is 41.7. The van der Waals surface area contributed by atoms with Crippen molar-refractivity contribution in [3.05, 3.63) is 81.3 Å². The molecule has 1 saturated heterocycles. The summed E-state index contributed by atoms with van der Waals surface area (Å²) in [6.07, 6.45) is 5.35. The number of aromatic nitrogens is 4. The summed E-state index contributed by atoms with van der Waals surface area (Å²) < 4.78 is 14.6. The van der Waals surface area contributed by atoms with Crippen LogP contribution in [0.4, 0.5) is 10.6 Å². The Kier molecular flexibility index (Phi) is 9.75. The molecular formula is C38H45BrN6O4. The fourth-order valence-electron chi connectivity index (χ4n) is 6.85. The Morgan fingerprint density at radius 1 is 1.04 bits per heavy atom. The van der Waals surface area contributed by atoms with Crippen LogP contribution in [0.25, 0.3) is 27.6 Å². The van der Waals surface area contributed by atoms with Gasteiger partial charge in [0.15, 0.2) is 5.65 Å². The lowest BCUT2D eigenvalue weighted by atomic mass is 9.97. The average Bonchev–Trinajstić information content (AvgIpc) is 3.58. The van der Waals surface area contributed by atoms with E-state index in [1.165, 1.54) is 11.1 Å². The number of halogens is 1. The van der Waals surface area contributed by atoms with E-state index in [9.17, 15) is 9.59 Å². The Morgan fingerprint density at radius 2 is 1.73 bits per heavy atom. The summed E-state index contributed by atoms with van der Waals surface area (Å²) in [5, 5.41) is 4.83. The van der Waals surface area contributed by atoms with Crippen LogP contribution in [-0.2, 0) is 20.7 Å². The molecule has 2 N–H and O–H groups in total. The van der Waals surface area contributed by atoms with Crippen LogP contribution in [-0.4, -0.2) is 62.9 Å². The van der Waals surface area contributed by atoms with Gasteiger partial charge < -0.3 is 29.2 Å². The smallest absolute Gasteiger partial charge is 0.408 e. The number of hydrogen-bond donors (Lipinski definition) is 2. The first kappa shape index (κ1) is 34.5. The Morgan fingerprint density at radius 3 is 2.43 bits per heavy atom. The number of rotatable bonds is 8. The summed E-state index contributed by atoms with van der Waals surface area (Å²) in [7, 11) is 0. The number of nitrogens with one attached hydrogen (secondary N) is 2. The molecule has 1 aliphatic heterocycles. The van der Waals surface area contributed by atoms with Crippen LogP contribution >= 0.6 is 15.9 Å². The molecule has 0 aliphatic carbocycles. The van der Waals surface area contributed by atoms with Gasteiger partial charge in [-0.05, 0) is 108 Å². The van der Waals surface area contributed by atoms with Crippen molar-refractivity contribution in [2.24, 2.45) is 5.92 Å². The minimum atomic E-state index is -0.892. The van der Waals surface area contributed by atoms with Crippen LogP contribution in [0.15, 0.2) is 53.3 Å². The molecule has 258 valence electrons. The number of anilines is 1. The molecule has 0 radical (unpaired) electrons. The molecule has 1 atom stereocenters. The lowest BCUT2D eigenvalue weighted by Crippen LogP contribution is -2.46. The fraction of sp³-hybridized carbons (Fsp3) is 0.421. The maximum Gasteiger partial charge on any atom is 0.408 e. The maximum absolute atomic E-state index is 13.5. The highest BCUT2D eigenvalue weighted by Gasteiger charge is 2.30. The molecule has 1 aliphatic rings. The fourth-order valence-corrected chi connectivity index (χ4v) is 7.53. The molecule has 1 amide bonds. The van der Waals surface area contributed by atoms with E-state index in [1.54, 1.807) is 20.8 Å². The molecule has 3 aromatic heterocycles. The molecule has 2 aromatic carbocycles. The third kappa shape index (κ3) is 7.61. The van der Waals surface area contributed by atoms with Gasteiger partial charge in [0.1, 0.15) is 23.3 Å². The second-order valence-corrected chi connectivity index (χ2v) is 15.1. The topological polar surface area (TPSA) is 114 Å². The lowest BCUT2D eigenvalue weighted by molar-refractivity contribution is -0.147. The number of amides is 1. The molecule has 10 nitrogen and oxygen atoms in total. The van der Waals surface area contributed by atoms with Crippen LogP contribution in [0.3, 0.4) is 0 Å². The highest BCUT2D eigenvalue weighted by atomic mass is 79.9. The number of piperidine rings is 1. The zero-order chi connectivity index (χ0) is 35.0. The molecule has 1 fully saturated rings. The molecule has 0 saturated carbocycles. The number of benzene rings is 2. The number of alkyl carbamates (subject to hydrolysis) is 1. The van der Waals surface area contributed by atoms with Crippen LogP contribution in [0.2, 0.25) is 0 Å². The van der Waals surface area contributed by atoms with E-state index in [4.69, 9.17) is 19.4 Å². The molecule has 4 heterocycles. The summed E-state index contributed by atoms with van der Waals surface area (Å²) in [6.45, 7) is 15.5. The third-order valence-corrected chi connectivity index (χ3v) is 9.53. The standard InChI is InChI=1S/C38H45BrN6O4/c1-22-16-28(39)17-23(2)33(22)45-20-24(3)32-34(41-25(4)42-35(32)45)44-14-12-26(13-15-44)21-48-36(46)31(43-37(47)49-38(5,6)7)18-27-19-40-30-11-9-8-10-29(27)30/h8-11,16-17,19-20,26,31,40H,12-15,18,21H2,1-7H3,(H,43,47)/t31-/m0/s1. The number of nitrogens with zero attached hydrogens (tertiary/aromatic N) is 4.